The highest BCUT2D eigenvalue weighted by Gasteiger charge is 2.24. The van der Waals surface area contributed by atoms with Gasteiger partial charge in [-0.2, -0.15) is 0 Å². The number of amidine groups is 1. The fourth-order valence-electron chi connectivity index (χ4n) is 3.92. The fraction of sp³-hybridized carbons (Fsp3) is 0.333. The molecule has 0 spiro atoms. The summed E-state index contributed by atoms with van der Waals surface area (Å²) < 4.78 is 0. The number of aliphatic carboxylic acids is 1. The molecule has 2 aromatic carbocycles. The molecule has 0 bridgehead atoms. The van der Waals surface area contributed by atoms with Gasteiger partial charge in [-0.1, -0.05) is 25.1 Å². The molecule has 1 aliphatic heterocycles. The normalized spacial score (nSPS) is 14.1. The van der Waals surface area contributed by atoms with Crippen molar-refractivity contribution in [1.29, 1.82) is 5.41 Å². The van der Waals surface area contributed by atoms with Gasteiger partial charge in [0.2, 0.25) is 0 Å². The standard InChI is InChI=1S/C24H28N4O4/c1-2-15-12-18(8-9-19(15)24(32)28-10-3-4-11-28)23(31)27-20(14-21(29)30)16-6-5-7-17(13-16)22(25)26/h5-9,12-13,20H,2-4,10-11,14H2,1H3,(H3,25,26)(H,27,31)(H,29,30). The summed E-state index contributed by atoms with van der Waals surface area (Å²) in [4.78, 5) is 39.0. The Morgan fingerprint density at radius 1 is 1.12 bits per heavy atom. The Kier molecular flexibility index (Phi) is 7.25. The third kappa shape index (κ3) is 5.32. The number of nitrogen functional groups attached to an aromatic ring is 1. The first kappa shape index (κ1) is 23.0. The molecule has 32 heavy (non-hydrogen) atoms. The Morgan fingerprint density at radius 3 is 2.47 bits per heavy atom. The summed E-state index contributed by atoms with van der Waals surface area (Å²) in [5, 5.41) is 19.7. The van der Waals surface area contributed by atoms with E-state index in [2.05, 4.69) is 5.32 Å². The zero-order chi connectivity index (χ0) is 23.3. The molecule has 0 radical (unpaired) electrons. The van der Waals surface area contributed by atoms with Crippen LogP contribution in [0, 0.1) is 5.41 Å². The zero-order valence-corrected chi connectivity index (χ0v) is 18.1. The summed E-state index contributed by atoms with van der Waals surface area (Å²) in [5.41, 5.74) is 8.28. The number of carboxylic acid groups (broad SMARTS) is 1. The molecule has 8 nitrogen and oxygen atoms in total. The first-order valence-electron chi connectivity index (χ1n) is 10.7. The maximum Gasteiger partial charge on any atom is 0.305 e. The number of benzene rings is 2. The van der Waals surface area contributed by atoms with E-state index in [0.717, 1.165) is 31.5 Å². The Balaban J connectivity index is 1.84. The lowest BCUT2D eigenvalue weighted by molar-refractivity contribution is -0.137. The molecule has 3 rings (SSSR count). The number of hydrogen-bond donors (Lipinski definition) is 4. The molecule has 2 amide bonds. The Hall–Kier alpha value is -3.68. The van der Waals surface area contributed by atoms with Crippen LogP contribution in [0.4, 0.5) is 0 Å². The zero-order valence-electron chi connectivity index (χ0n) is 18.1. The van der Waals surface area contributed by atoms with Crippen LogP contribution in [0.3, 0.4) is 0 Å². The summed E-state index contributed by atoms with van der Waals surface area (Å²) in [6, 6.07) is 10.8. The van der Waals surface area contributed by atoms with Crippen LogP contribution in [0.2, 0.25) is 0 Å². The van der Waals surface area contributed by atoms with Gasteiger partial charge in [-0.25, -0.2) is 0 Å². The number of amides is 2. The molecular weight excluding hydrogens is 408 g/mol. The topological polar surface area (TPSA) is 137 Å². The third-order valence-electron chi connectivity index (χ3n) is 5.66. The second-order valence-corrected chi connectivity index (χ2v) is 7.89. The predicted molar refractivity (Wildman–Crippen MR) is 121 cm³/mol. The van der Waals surface area contributed by atoms with Gasteiger partial charge in [0, 0.05) is 29.8 Å². The quantitative estimate of drug-likeness (QED) is 0.372. The molecule has 0 saturated carbocycles. The van der Waals surface area contributed by atoms with Crippen LogP contribution >= 0.6 is 0 Å². The van der Waals surface area contributed by atoms with Crippen LogP contribution < -0.4 is 11.1 Å². The summed E-state index contributed by atoms with van der Waals surface area (Å²) in [5.74, 6) is -1.65. The second kappa shape index (κ2) is 10.1. The van der Waals surface area contributed by atoms with Gasteiger partial charge in [-0.15, -0.1) is 0 Å². The molecule has 1 fully saturated rings. The van der Waals surface area contributed by atoms with E-state index < -0.39 is 17.9 Å². The van der Waals surface area contributed by atoms with E-state index in [0.29, 0.717) is 28.7 Å². The number of hydrogen-bond acceptors (Lipinski definition) is 4. The average molecular weight is 437 g/mol. The van der Waals surface area contributed by atoms with Gasteiger partial charge < -0.3 is 21.1 Å². The van der Waals surface area contributed by atoms with Crippen molar-refractivity contribution in [2.75, 3.05) is 13.1 Å². The van der Waals surface area contributed by atoms with Gasteiger partial charge in [-0.3, -0.25) is 19.8 Å². The molecule has 0 aromatic heterocycles. The Morgan fingerprint density at radius 2 is 1.84 bits per heavy atom. The second-order valence-electron chi connectivity index (χ2n) is 7.89. The molecule has 8 heteroatoms. The minimum atomic E-state index is -1.07. The highest BCUT2D eigenvalue weighted by molar-refractivity contribution is 5.99. The average Bonchev–Trinajstić information content (AvgIpc) is 3.32. The smallest absolute Gasteiger partial charge is 0.305 e. The van der Waals surface area contributed by atoms with Gasteiger partial charge in [0.25, 0.3) is 11.8 Å². The van der Waals surface area contributed by atoms with Crippen LogP contribution in [0.25, 0.3) is 0 Å². The van der Waals surface area contributed by atoms with E-state index in [9.17, 15) is 19.5 Å². The highest BCUT2D eigenvalue weighted by atomic mass is 16.4. The van der Waals surface area contributed by atoms with Crippen LogP contribution in [0.15, 0.2) is 42.5 Å². The van der Waals surface area contributed by atoms with Crippen molar-refractivity contribution in [3.8, 4) is 0 Å². The number of nitrogens with zero attached hydrogens (tertiary/aromatic N) is 1. The molecule has 2 aromatic rings. The Bertz CT molecular complexity index is 1040. The number of carbonyl (C=O) groups is 3. The third-order valence-corrected chi connectivity index (χ3v) is 5.66. The van der Waals surface area contributed by atoms with Crippen LogP contribution in [-0.2, 0) is 11.2 Å². The summed E-state index contributed by atoms with van der Waals surface area (Å²) >= 11 is 0. The van der Waals surface area contributed by atoms with Gasteiger partial charge in [0.05, 0.1) is 12.5 Å². The van der Waals surface area contributed by atoms with Gasteiger partial charge in [0.1, 0.15) is 5.84 Å². The lowest BCUT2D eigenvalue weighted by Crippen LogP contribution is -2.31. The summed E-state index contributed by atoms with van der Waals surface area (Å²) in [6.07, 6.45) is 2.28. The van der Waals surface area contributed by atoms with Crippen molar-refractivity contribution in [1.82, 2.24) is 10.2 Å². The highest BCUT2D eigenvalue weighted by Crippen LogP contribution is 2.22. The lowest BCUT2D eigenvalue weighted by Gasteiger charge is -2.20. The van der Waals surface area contributed by atoms with Gasteiger partial charge in [0.15, 0.2) is 0 Å². The largest absolute Gasteiger partial charge is 0.481 e. The van der Waals surface area contributed by atoms with Crippen molar-refractivity contribution >= 4 is 23.6 Å². The van der Waals surface area contributed by atoms with Crippen LogP contribution in [-0.4, -0.2) is 46.7 Å². The molecular formula is C24H28N4O4. The van der Waals surface area contributed by atoms with Crippen molar-refractivity contribution < 1.29 is 19.5 Å². The number of aryl methyl sites for hydroxylation is 1. The van der Waals surface area contributed by atoms with E-state index in [1.54, 1.807) is 42.5 Å². The minimum Gasteiger partial charge on any atom is -0.481 e. The summed E-state index contributed by atoms with van der Waals surface area (Å²) in [7, 11) is 0. The molecule has 1 unspecified atom stereocenters. The lowest BCUT2D eigenvalue weighted by atomic mass is 9.98. The van der Waals surface area contributed by atoms with Gasteiger partial charge >= 0.3 is 5.97 Å². The maximum absolute atomic E-state index is 13.0. The van der Waals surface area contributed by atoms with Crippen molar-refractivity contribution in [2.45, 2.75) is 38.6 Å². The van der Waals surface area contributed by atoms with Crippen LogP contribution in [0.5, 0.6) is 0 Å². The fourth-order valence-corrected chi connectivity index (χ4v) is 3.92. The molecule has 0 aliphatic carbocycles. The Labute approximate surface area is 186 Å². The molecule has 168 valence electrons. The van der Waals surface area contributed by atoms with E-state index in [1.807, 2.05) is 11.8 Å². The number of nitrogens with two attached hydrogens (primary N) is 1. The number of nitrogens with one attached hydrogen (secondary N) is 2. The van der Waals surface area contributed by atoms with E-state index in [-0.39, 0.29) is 18.2 Å². The van der Waals surface area contributed by atoms with E-state index in [4.69, 9.17) is 11.1 Å². The summed E-state index contributed by atoms with van der Waals surface area (Å²) in [6.45, 7) is 3.43. The molecule has 1 heterocycles. The minimum absolute atomic E-state index is 0.0175. The first-order chi connectivity index (χ1) is 15.3. The van der Waals surface area contributed by atoms with Crippen molar-refractivity contribution in [3.05, 3.63) is 70.3 Å². The predicted octanol–water partition coefficient (Wildman–Crippen LogP) is 2.71. The van der Waals surface area contributed by atoms with Crippen molar-refractivity contribution in [3.63, 3.8) is 0 Å². The van der Waals surface area contributed by atoms with E-state index >= 15 is 0 Å². The van der Waals surface area contributed by atoms with Gasteiger partial charge in [-0.05, 0) is 54.7 Å². The molecule has 1 saturated heterocycles. The van der Waals surface area contributed by atoms with E-state index in [1.165, 1.54) is 0 Å². The number of carboxylic acids is 1. The molecule has 1 aliphatic rings. The number of carbonyl (C=O) groups excluding carboxylic acids is 2. The first-order valence-corrected chi connectivity index (χ1v) is 10.7. The molecule has 5 N–H and O–H groups in total. The maximum atomic E-state index is 13.0. The van der Waals surface area contributed by atoms with Crippen LogP contribution in [0.1, 0.15) is 69.6 Å². The SMILES string of the molecule is CCc1cc(C(=O)NC(CC(=O)O)c2cccc(C(=N)N)c2)ccc1C(=O)N1CCCC1. The monoisotopic (exact) mass is 436 g/mol. The number of likely N-dealkylation sites (tertiary alicyclic amines) is 1. The molecule has 1 atom stereocenters. The van der Waals surface area contributed by atoms with Crippen molar-refractivity contribution in [2.24, 2.45) is 5.73 Å². The number of rotatable bonds is 8.